The molecule has 0 unspecified atom stereocenters. The Morgan fingerprint density at radius 1 is 1.04 bits per heavy atom. The molecule has 6 bridgehead atoms. The highest BCUT2D eigenvalue weighted by molar-refractivity contribution is 9.09. The lowest BCUT2D eigenvalue weighted by atomic mass is 9.71. The number of halogens is 1. The van der Waals surface area contributed by atoms with Crippen LogP contribution in [0.1, 0.15) is 6.42 Å². The van der Waals surface area contributed by atoms with Gasteiger partial charge in [-0.1, -0.05) is 15.9 Å². The summed E-state index contributed by atoms with van der Waals surface area (Å²) in [4.78, 5) is 21.5. The van der Waals surface area contributed by atoms with Gasteiger partial charge in [-0.2, -0.15) is 5.10 Å². The van der Waals surface area contributed by atoms with Crippen molar-refractivity contribution in [1.82, 2.24) is 0 Å². The van der Waals surface area contributed by atoms with E-state index in [0.717, 1.165) is 35.7 Å². The molecule has 9 atom stereocenters. The molecule has 0 radical (unpaired) electrons. The van der Waals surface area contributed by atoms with Gasteiger partial charge >= 0.3 is 5.69 Å². The Bertz CT molecular complexity index is 918. The zero-order valence-corrected chi connectivity index (χ0v) is 15.1. The van der Waals surface area contributed by atoms with E-state index in [-0.39, 0.29) is 17.1 Å². The molecule has 6 aliphatic rings. The Morgan fingerprint density at radius 3 is 2.50 bits per heavy atom. The van der Waals surface area contributed by atoms with Gasteiger partial charge in [-0.3, -0.25) is 25.7 Å². The minimum Gasteiger partial charge on any atom is -0.272 e. The van der Waals surface area contributed by atoms with Crippen LogP contribution in [-0.4, -0.2) is 20.4 Å². The minimum absolute atomic E-state index is 0.210. The average Bonchev–Trinajstić information content (AvgIpc) is 3.35. The van der Waals surface area contributed by atoms with Crippen molar-refractivity contribution in [2.24, 2.45) is 52.4 Å². The molecule has 1 N–H and O–H groups in total. The van der Waals surface area contributed by atoms with Gasteiger partial charge in [-0.05, 0) is 48.0 Å². The number of nitro groups is 2. The summed E-state index contributed by atoms with van der Waals surface area (Å²) in [5.74, 6) is 5.54. The molecule has 0 aliphatic heterocycles. The Labute approximate surface area is 156 Å². The number of rotatable bonds is 4. The molecule has 134 valence electrons. The second kappa shape index (κ2) is 4.62. The predicted molar refractivity (Wildman–Crippen MR) is 96.1 cm³/mol. The number of anilines is 1. The van der Waals surface area contributed by atoms with E-state index in [1.165, 1.54) is 24.3 Å². The van der Waals surface area contributed by atoms with Crippen LogP contribution in [0.15, 0.2) is 23.3 Å². The molecular weight excluding hydrogens is 404 g/mol. The first-order valence-corrected chi connectivity index (χ1v) is 9.81. The number of hydrogen-bond donors (Lipinski definition) is 1. The summed E-state index contributed by atoms with van der Waals surface area (Å²) in [5.41, 5.74) is 3.66. The number of non-ortho nitro benzene ring substituents is 1. The molecule has 7 rings (SSSR count). The molecule has 6 saturated carbocycles. The Balaban J connectivity index is 1.35. The monoisotopic (exact) mass is 418 g/mol. The zero-order valence-electron chi connectivity index (χ0n) is 13.5. The van der Waals surface area contributed by atoms with Crippen molar-refractivity contribution in [1.29, 1.82) is 0 Å². The maximum absolute atomic E-state index is 11.3. The van der Waals surface area contributed by atoms with E-state index < -0.39 is 9.85 Å². The summed E-state index contributed by atoms with van der Waals surface area (Å²) in [6.45, 7) is 0. The predicted octanol–water partition coefficient (Wildman–Crippen LogP) is 3.42. The summed E-state index contributed by atoms with van der Waals surface area (Å²) >= 11 is 3.93. The van der Waals surface area contributed by atoms with Crippen LogP contribution in [0.4, 0.5) is 17.1 Å². The van der Waals surface area contributed by atoms with Crippen LogP contribution in [0.5, 0.6) is 0 Å². The van der Waals surface area contributed by atoms with Crippen molar-refractivity contribution in [2.75, 3.05) is 5.43 Å². The van der Waals surface area contributed by atoms with Crippen LogP contribution < -0.4 is 5.43 Å². The van der Waals surface area contributed by atoms with Crippen molar-refractivity contribution in [3.05, 3.63) is 38.4 Å². The number of nitrogens with one attached hydrogen (secondary N) is 1. The first-order valence-electron chi connectivity index (χ1n) is 8.89. The largest absolute Gasteiger partial charge is 0.301 e. The van der Waals surface area contributed by atoms with Crippen molar-refractivity contribution >= 4 is 38.7 Å². The van der Waals surface area contributed by atoms with Crippen molar-refractivity contribution in [3.8, 4) is 0 Å². The van der Waals surface area contributed by atoms with E-state index in [4.69, 9.17) is 0 Å². The molecule has 9 heteroatoms. The average molecular weight is 419 g/mol. The number of hydrazone groups is 1. The maximum Gasteiger partial charge on any atom is 0.301 e. The van der Waals surface area contributed by atoms with Crippen molar-refractivity contribution in [3.63, 3.8) is 0 Å². The highest BCUT2D eigenvalue weighted by Gasteiger charge is 2.82. The third kappa shape index (κ3) is 1.51. The number of hydrogen-bond acceptors (Lipinski definition) is 6. The smallest absolute Gasteiger partial charge is 0.272 e. The number of benzene rings is 1. The summed E-state index contributed by atoms with van der Waals surface area (Å²) in [5, 5.41) is 26.8. The number of alkyl halides is 1. The van der Waals surface area contributed by atoms with Crippen LogP contribution in [0.25, 0.3) is 0 Å². The molecule has 1 aromatic carbocycles. The fraction of sp³-hybridized carbons (Fsp3) is 0.588. The molecular formula is C17H15BrN4O4. The first-order chi connectivity index (χ1) is 12.5. The number of nitrogens with zero attached hydrogens (tertiary/aromatic N) is 3. The van der Waals surface area contributed by atoms with Gasteiger partial charge in [0, 0.05) is 28.4 Å². The second-order valence-corrected chi connectivity index (χ2v) is 9.29. The van der Waals surface area contributed by atoms with E-state index in [9.17, 15) is 20.2 Å². The SMILES string of the molecule is O=[N+]([O-])c1ccc(N/N=C2/[C@@H]3[C@H]4C[C@H]5[C@H]6[C@H](Br)[C@@H]([C@@H]2[C@@H]46)[C@@H]53)c([N+](=O)[O-])c1. The third-order valence-corrected chi connectivity index (χ3v) is 8.96. The lowest BCUT2D eigenvalue weighted by Crippen LogP contribution is -2.30. The van der Waals surface area contributed by atoms with Gasteiger partial charge in [0.05, 0.1) is 15.9 Å². The fourth-order valence-corrected chi connectivity index (χ4v) is 8.80. The fourth-order valence-electron chi connectivity index (χ4n) is 7.38. The van der Waals surface area contributed by atoms with Gasteiger partial charge in [0.2, 0.25) is 0 Å². The van der Waals surface area contributed by atoms with E-state index in [0.29, 0.717) is 22.6 Å². The third-order valence-electron chi connectivity index (χ3n) is 7.73. The summed E-state index contributed by atoms with van der Waals surface area (Å²) in [7, 11) is 0. The molecule has 8 nitrogen and oxygen atoms in total. The van der Waals surface area contributed by atoms with E-state index >= 15 is 0 Å². The van der Waals surface area contributed by atoms with Crippen molar-refractivity contribution in [2.45, 2.75) is 11.2 Å². The van der Waals surface area contributed by atoms with Gasteiger partial charge in [0.25, 0.3) is 5.69 Å². The van der Waals surface area contributed by atoms with Crippen LogP contribution in [-0.2, 0) is 0 Å². The molecule has 0 aromatic heterocycles. The first kappa shape index (κ1) is 15.1. The lowest BCUT2D eigenvalue weighted by molar-refractivity contribution is -0.393. The topological polar surface area (TPSA) is 111 Å². The van der Waals surface area contributed by atoms with E-state index in [2.05, 4.69) is 26.5 Å². The van der Waals surface area contributed by atoms with Gasteiger partial charge in [0.1, 0.15) is 5.69 Å². The Morgan fingerprint density at radius 2 is 1.81 bits per heavy atom. The van der Waals surface area contributed by atoms with Crippen molar-refractivity contribution < 1.29 is 9.85 Å². The lowest BCUT2D eigenvalue weighted by Gasteiger charge is -2.32. The minimum atomic E-state index is -0.631. The quantitative estimate of drug-likeness (QED) is 0.457. The maximum atomic E-state index is 11.3. The molecule has 0 amide bonds. The molecule has 6 aliphatic carbocycles. The van der Waals surface area contributed by atoms with Crippen LogP contribution in [0.2, 0.25) is 0 Å². The molecule has 6 fully saturated rings. The highest BCUT2D eigenvalue weighted by Crippen LogP contribution is 2.82. The van der Waals surface area contributed by atoms with Crippen LogP contribution in [0, 0.1) is 67.6 Å². The molecule has 26 heavy (non-hydrogen) atoms. The molecule has 1 aromatic rings. The molecule has 0 spiro atoms. The normalized spacial score (nSPS) is 46.8. The highest BCUT2D eigenvalue weighted by atomic mass is 79.9. The van der Waals surface area contributed by atoms with Gasteiger partial charge in [0.15, 0.2) is 0 Å². The Kier molecular flexibility index (Phi) is 2.68. The van der Waals surface area contributed by atoms with Gasteiger partial charge < -0.3 is 0 Å². The van der Waals surface area contributed by atoms with E-state index in [1.807, 2.05) is 0 Å². The zero-order chi connectivity index (χ0) is 17.9. The molecule has 0 saturated heterocycles. The molecule has 0 heterocycles. The van der Waals surface area contributed by atoms with Gasteiger partial charge in [-0.15, -0.1) is 0 Å². The summed E-state index contributed by atoms with van der Waals surface area (Å²) < 4.78 is 0. The second-order valence-electron chi connectivity index (χ2n) is 8.23. The Hall–Kier alpha value is -2.03. The van der Waals surface area contributed by atoms with E-state index in [1.54, 1.807) is 0 Å². The van der Waals surface area contributed by atoms with Gasteiger partial charge in [-0.25, -0.2) is 0 Å². The summed E-state index contributed by atoms with van der Waals surface area (Å²) in [6.07, 6.45) is 1.32. The summed E-state index contributed by atoms with van der Waals surface area (Å²) in [6, 6.07) is 3.63. The van der Waals surface area contributed by atoms with Crippen LogP contribution >= 0.6 is 15.9 Å². The number of nitro benzene ring substituents is 2. The standard InChI is InChI=1S/C17H15BrN4O4/c18-16-12-6-4-7-10(12)15-14(16)11(6)13(7)17(15)20-19-8-2-1-5(21(23)24)3-9(8)22(25)26/h1-3,6-7,10-16,19H,4H2/b20-17-/t6-,7+,10+,11+,12-,13-,14-,15+,16+/m1/s1. The van der Waals surface area contributed by atoms with Crippen LogP contribution in [0.3, 0.4) is 0 Å².